The van der Waals surface area contributed by atoms with Crippen molar-refractivity contribution in [1.29, 1.82) is 0 Å². The fraction of sp³-hybridized carbons (Fsp3) is 0.0435. The molecule has 0 aromatic heterocycles. The van der Waals surface area contributed by atoms with E-state index < -0.39 is 5.97 Å². The van der Waals surface area contributed by atoms with Crippen molar-refractivity contribution in [3.05, 3.63) is 106 Å². The van der Waals surface area contributed by atoms with Crippen molar-refractivity contribution in [1.82, 2.24) is 0 Å². The van der Waals surface area contributed by atoms with E-state index in [0.717, 1.165) is 5.56 Å². The lowest BCUT2D eigenvalue weighted by atomic mass is 10.1. The zero-order valence-electron chi connectivity index (χ0n) is 15.1. The van der Waals surface area contributed by atoms with Crippen molar-refractivity contribution in [2.45, 2.75) is 6.61 Å². The number of cyclic esters (lactones) is 1. The van der Waals surface area contributed by atoms with Gasteiger partial charge in [-0.1, -0.05) is 48.0 Å². The Morgan fingerprint density at radius 2 is 1.72 bits per heavy atom. The number of hydrogen-bond acceptors (Lipinski definition) is 4. The highest BCUT2D eigenvalue weighted by Gasteiger charge is 2.24. The molecular weight excluding hydrogens is 393 g/mol. The van der Waals surface area contributed by atoms with Crippen molar-refractivity contribution < 1.29 is 18.7 Å². The number of halogens is 2. The average Bonchev–Trinajstić information content (AvgIpc) is 3.09. The van der Waals surface area contributed by atoms with E-state index in [1.165, 1.54) is 24.3 Å². The first kappa shape index (κ1) is 18.9. The molecule has 0 saturated carbocycles. The third-order valence-electron chi connectivity index (χ3n) is 4.26. The molecule has 29 heavy (non-hydrogen) atoms. The number of para-hydroxylation sites is 1. The predicted octanol–water partition coefficient (Wildman–Crippen LogP) is 5.40. The van der Waals surface area contributed by atoms with Crippen molar-refractivity contribution in [3.8, 4) is 5.75 Å². The molecule has 6 heteroatoms. The Balaban J connectivity index is 1.58. The second-order valence-corrected chi connectivity index (χ2v) is 6.67. The van der Waals surface area contributed by atoms with Gasteiger partial charge in [0.2, 0.25) is 5.90 Å². The zero-order chi connectivity index (χ0) is 20.2. The summed E-state index contributed by atoms with van der Waals surface area (Å²) >= 11 is 6.18. The number of benzene rings is 3. The van der Waals surface area contributed by atoms with Gasteiger partial charge in [-0.3, -0.25) is 0 Å². The van der Waals surface area contributed by atoms with Crippen molar-refractivity contribution in [3.63, 3.8) is 0 Å². The molecule has 0 spiro atoms. The highest BCUT2D eigenvalue weighted by Crippen LogP contribution is 2.26. The van der Waals surface area contributed by atoms with Crippen LogP contribution in [0.3, 0.4) is 0 Å². The molecule has 3 aromatic rings. The van der Waals surface area contributed by atoms with Gasteiger partial charge in [0.15, 0.2) is 5.70 Å². The molecule has 1 aliphatic rings. The predicted molar refractivity (Wildman–Crippen MR) is 109 cm³/mol. The van der Waals surface area contributed by atoms with E-state index in [1.807, 2.05) is 36.4 Å². The molecular formula is C23H15ClFNO3. The van der Waals surface area contributed by atoms with Gasteiger partial charge in [0, 0.05) is 21.7 Å². The van der Waals surface area contributed by atoms with E-state index in [9.17, 15) is 9.18 Å². The molecule has 4 nitrogen and oxygen atoms in total. The summed E-state index contributed by atoms with van der Waals surface area (Å²) in [6, 6.07) is 20.3. The molecule has 0 bridgehead atoms. The second-order valence-electron chi connectivity index (χ2n) is 6.26. The largest absolute Gasteiger partial charge is 0.488 e. The fourth-order valence-electron chi connectivity index (χ4n) is 2.77. The minimum absolute atomic E-state index is 0.135. The SMILES string of the molecule is O=C1OC(c2ccc(F)cc2)=NC1=Cc1ccccc1OCc1ccccc1Cl. The molecule has 1 aliphatic heterocycles. The summed E-state index contributed by atoms with van der Waals surface area (Å²) in [5.74, 6) is -0.238. The Morgan fingerprint density at radius 3 is 2.52 bits per heavy atom. The van der Waals surface area contributed by atoms with Crippen LogP contribution in [0.25, 0.3) is 6.08 Å². The van der Waals surface area contributed by atoms with Crippen LogP contribution >= 0.6 is 11.6 Å². The molecule has 4 rings (SSSR count). The first-order valence-corrected chi connectivity index (χ1v) is 9.22. The molecule has 144 valence electrons. The van der Waals surface area contributed by atoms with Crippen LogP contribution in [0, 0.1) is 5.82 Å². The summed E-state index contributed by atoms with van der Waals surface area (Å²) in [5.41, 5.74) is 2.19. The summed E-state index contributed by atoms with van der Waals surface area (Å²) in [4.78, 5) is 16.5. The van der Waals surface area contributed by atoms with Crippen LogP contribution in [0.15, 0.2) is 83.5 Å². The van der Waals surface area contributed by atoms with Gasteiger partial charge in [0.05, 0.1) is 0 Å². The molecule has 0 fully saturated rings. The van der Waals surface area contributed by atoms with Crippen molar-refractivity contribution >= 4 is 29.5 Å². The third-order valence-corrected chi connectivity index (χ3v) is 4.63. The number of rotatable bonds is 5. The van der Waals surface area contributed by atoms with E-state index in [-0.39, 0.29) is 24.0 Å². The first-order chi connectivity index (χ1) is 14.1. The zero-order valence-corrected chi connectivity index (χ0v) is 15.9. The second kappa shape index (κ2) is 8.29. The van der Waals surface area contributed by atoms with E-state index in [1.54, 1.807) is 18.2 Å². The molecule has 1 heterocycles. The van der Waals surface area contributed by atoms with Crippen LogP contribution < -0.4 is 4.74 Å². The summed E-state index contributed by atoms with van der Waals surface area (Å²) in [6.07, 6.45) is 1.60. The maximum Gasteiger partial charge on any atom is 0.363 e. The van der Waals surface area contributed by atoms with E-state index in [2.05, 4.69) is 4.99 Å². The minimum atomic E-state index is -0.578. The average molecular weight is 408 g/mol. The molecule has 3 aromatic carbocycles. The molecule has 0 unspecified atom stereocenters. The topological polar surface area (TPSA) is 47.9 Å². The maximum atomic E-state index is 13.1. The van der Waals surface area contributed by atoms with Gasteiger partial charge < -0.3 is 9.47 Å². The number of carbonyl (C=O) groups is 1. The molecule has 0 radical (unpaired) electrons. The third kappa shape index (κ3) is 4.36. The summed E-state index contributed by atoms with van der Waals surface area (Å²) in [5, 5.41) is 0.622. The van der Waals surface area contributed by atoms with E-state index >= 15 is 0 Å². The molecule has 0 saturated heterocycles. The van der Waals surface area contributed by atoms with Crippen LogP contribution in [-0.4, -0.2) is 11.9 Å². The summed E-state index contributed by atoms with van der Waals surface area (Å²) < 4.78 is 24.2. The van der Waals surface area contributed by atoms with Gasteiger partial charge in [0.25, 0.3) is 0 Å². The number of hydrogen-bond donors (Lipinski definition) is 0. The van der Waals surface area contributed by atoms with Gasteiger partial charge in [-0.05, 0) is 42.5 Å². The Hall–Kier alpha value is -3.44. The Kier molecular flexibility index (Phi) is 5.40. The lowest BCUT2D eigenvalue weighted by Crippen LogP contribution is -2.05. The van der Waals surface area contributed by atoms with Crippen LogP contribution in [0.2, 0.25) is 5.02 Å². The number of carbonyl (C=O) groups excluding carboxylic acids is 1. The molecule has 0 aliphatic carbocycles. The van der Waals surface area contributed by atoms with Gasteiger partial charge in [-0.25, -0.2) is 14.2 Å². The van der Waals surface area contributed by atoms with Gasteiger partial charge in [-0.15, -0.1) is 0 Å². The lowest BCUT2D eigenvalue weighted by molar-refractivity contribution is -0.129. The highest BCUT2D eigenvalue weighted by molar-refractivity contribution is 6.31. The molecule has 0 amide bonds. The van der Waals surface area contributed by atoms with E-state index in [0.29, 0.717) is 21.9 Å². The van der Waals surface area contributed by atoms with Gasteiger partial charge >= 0.3 is 5.97 Å². The fourth-order valence-corrected chi connectivity index (χ4v) is 2.96. The smallest absolute Gasteiger partial charge is 0.363 e. The maximum absolute atomic E-state index is 13.1. The first-order valence-electron chi connectivity index (χ1n) is 8.84. The number of aliphatic imine (C=N–C) groups is 1. The minimum Gasteiger partial charge on any atom is -0.488 e. The Morgan fingerprint density at radius 1 is 1.00 bits per heavy atom. The summed E-state index contributed by atoms with van der Waals surface area (Å²) in [7, 11) is 0. The van der Waals surface area contributed by atoms with Crippen LogP contribution in [0.5, 0.6) is 5.75 Å². The Bertz CT molecular complexity index is 1120. The van der Waals surface area contributed by atoms with Crippen LogP contribution in [0.4, 0.5) is 4.39 Å². The van der Waals surface area contributed by atoms with E-state index in [4.69, 9.17) is 21.1 Å². The highest BCUT2D eigenvalue weighted by atomic mass is 35.5. The quantitative estimate of drug-likeness (QED) is 0.420. The normalized spacial score (nSPS) is 14.6. The van der Waals surface area contributed by atoms with Gasteiger partial charge in [0.1, 0.15) is 18.2 Å². The summed E-state index contributed by atoms with van der Waals surface area (Å²) in [6.45, 7) is 0.286. The Labute approximate surface area is 171 Å². The lowest BCUT2D eigenvalue weighted by Gasteiger charge is -2.10. The standard InChI is InChI=1S/C23H15ClFNO3/c24-19-7-3-1-6-17(19)14-28-21-8-4-2-5-16(21)13-20-23(27)29-22(26-20)15-9-11-18(25)12-10-15/h1-13H,14H2. The molecule has 0 N–H and O–H groups in total. The molecule has 0 atom stereocenters. The number of nitrogens with zero attached hydrogens (tertiary/aromatic N) is 1. The van der Waals surface area contributed by atoms with Crippen molar-refractivity contribution in [2.75, 3.05) is 0 Å². The number of esters is 1. The van der Waals surface area contributed by atoms with Gasteiger partial charge in [-0.2, -0.15) is 0 Å². The number of ether oxygens (including phenoxy) is 2. The van der Waals surface area contributed by atoms with Crippen LogP contribution in [0.1, 0.15) is 16.7 Å². The van der Waals surface area contributed by atoms with Crippen LogP contribution in [-0.2, 0) is 16.1 Å². The monoisotopic (exact) mass is 407 g/mol. The van der Waals surface area contributed by atoms with Crippen molar-refractivity contribution in [2.24, 2.45) is 4.99 Å².